The number of fused-ring (bicyclic) bond motifs is 1. The Morgan fingerprint density at radius 3 is 2.67 bits per heavy atom. The number of rotatable bonds is 1. The van der Waals surface area contributed by atoms with Crippen molar-refractivity contribution in [3.8, 4) is 0 Å². The Morgan fingerprint density at radius 2 is 1.94 bits per heavy atom. The summed E-state index contributed by atoms with van der Waals surface area (Å²) in [5.74, 6) is 0.965. The van der Waals surface area contributed by atoms with Crippen molar-refractivity contribution in [3.63, 3.8) is 0 Å². The van der Waals surface area contributed by atoms with E-state index in [2.05, 4.69) is 42.9 Å². The van der Waals surface area contributed by atoms with Gasteiger partial charge >= 0.3 is 0 Å². The molecule has 0 radical (unpaired) electrons. The zero-order valence-corrected chi connectivity index (χ0v) is 12.4. The molecular weight excluding hydrogens is 314 g/mol. The number of benzene rings is 1. The molecule has 0 amide bonds. The molecule has 94 valence electrons. The van der Waals surface area contributed by atoms with Crippen LogP contribution in [0.1, 0.15) is 18.4 Å². The molecular formula is C13H13BrClN3. The maximum absolute atomic E-state index is 6.05. The van der Waals surface area contributed by atoms with Gasteiger partial charge in [0.2, 0.25) is 5.28 Å². The van der Waals surface area contributed by atoms with Gasteiger partial charge in [-0.25, -0.2) is 4.98 Å². The van der Waals surface area contributed by atoms with E-state index in [0.717, 1.165) is 39.8 Å². The van der Waals surface area contributed by atoms with Crippen LogP contribution in [0.25, 0.3) is 10.9 Å². The van der Waals surface area contributed by atoms with Gasteiger partial charge in [-0.2, -0.15) is 4.98 Å². The molecule has 0 spiro atoms. The van der Waals surface area contributed by atoms with Gasteiger partial charge in [-0.3, -0.25) is 0 Å². The number of hydrogen-bond acceptors (Lipinski definition) is 3. The predicted molar refractivity (Wildman–Crippen MR) is 78.4 cm³/mol. The van der Waals surface area contributed by atoms with Crippen LogP contribution in [0, 0.1) is 6.92 Å². The highest BCUT2D eigenvalue weighted by Gasteiger charge is 2.18. The topological polar surface area (TPSA) is 29.0 Å². The van der Waals surface area contributed by atoms with Crippen molar-refractivity contribution in [2.75, 3.05) is 18.0 Å². The van der Waals surface area contributed by atoms with Crippen LogP contribution in [0.5, 0.6) is 0 Å². The van der Waals surface area contributed by atoms with Gasteiger partial charge in [0.15, 0.2) is 0 Å². The molecule has 1 aliphatic heterocycles. The minimum Gasteiger partial charge on any atom is -0.356 e. The van der Waals surface area contributed by atoms with Gasteiger partial charge in [-0.05, 0) is 49.1 Å². The Kier molecular flexibility index (Phi) is 3.16. The van der Waals surface area contributed by atoms with Gasteiger partial charge in [0.1, 0.15) is 5.82 Å². The molecule has 0 unspecified atom stereocenters. The lowest BCUT2D eigenvalue weighted by molar-refractivity contribution is 0.939. The number of nitrogens with zero attached hydrogens (tertiary/aromatic N) is 3. The van der Waals surface area contributed by atoms with Gasteiger partial charge in [0.05, 0.1) is 5.52 Å². The van der Waals surface area contributed by atoms with Crippen LogP contribution in [0.3, 0.4) is 0 Å². The highest BCUT2D eigenvalue weighted by molar-refractivity contribution is 9.10. The van der Waals surface area contributed by atoms with Crippen LogP contribution in [-0.4, -0.2) is 23.1 Å². The maximum Gasteiger partial charge on any atom is 0.224 e. The summed E-state index contributed by atoms with van der Waals surface area (Å²) in [6, 6.07) is 4.13. The number of anilines is 1. The van der Waals surface area contributed by atoms with Crippen molar-refractivity contribution >= 4 is 44.3 Å². The fourth-order valence-electron chi connectivity index (χ4n) is 2.49. The highest BCUT2D eigenvalue weighted by Crippen LogP contribution is 2.32. The predicted octanol–water partition coefficient (Wildman–Crippen LogP) is 3.95. The second-order valence-electron chi connectivity index (χ2n) is 4.63. The molecule has 18 heavy (non-hydrogen) atoms. The van der Waals surface area contributed by atoms with E-state index in [9.17, 15) is 0 Å². The van der Waals surface area contributed by atoms with E-state index in [1.807, 2.05) is 6.92 Å². The van der Waals surface area contributed by atoms with Gasteiger partial charge in [0.25, 0.3) is 0 Å². The molecule has 1 aliphatic rings. The lowest BCUT2D eigenvalue weighted by Crippen LogP contribution is -2.19. The van der Waals surface area contributed by atoms with Crippen molar-refractivity contribution in [1.29, 1.82) is 0 Å². The van der Waals surface area contributed by atoms with Crippen molar-refractivity contribution in [2.45, 2.75) is 19.8 Å². The van der Waals surface area contributed by atoms with E-state index in [1.165, 1.54) is 12.8 Å². The van der Waals surface area contributed by atoms with E-state index < -0.39 is 0 Å². The normalized spacial score (nSPS) is 15.6. The van der Waals surface area contributed by atoms with Crippen molar-refractivity contribution < 1.29 is 0 Å². The van der Waals surface area contributed by atoms with E-state index in [1.54, 1.807) is 0 Å². The molecule has 1 saturated heterocycles. The standard InChI is InChI=1S/C13H13BrClN3/c1-8-6-9(14)7-10-11(8)16-13(15)17-12(10)18-4-2-3-5-18/h6-7H,2-5H2,1H3. The van der Waals surface area contributed by atoms with Crippen LogP contribution in [0.15, 0.2) is 16.6 Å². The van der Waals surface area contributed by atoms with Crippen molar-refractivity contribution in [1.82, 2.24) is 9.97 Å². The third kappa shape index (κ3) is 2.08. The number of hydrogen-bond donors (Lipinski definition) is 0. The molecule has 1 aromatic heterocycles. The fourth-order valence-corrected chi connectivity index (χ4v) is 3.23. The number of aryl methyl sites for hydroxylation is 1. The minimum absolute atomic E-state index is 0.329. The van der Waals surface area contributed by atoms with Crippen LogP contribution in [0.4, 0.5) is 5.82 Å². The summed E-state index contributed by atoms with van der Waals surface area (Å²) < 4.78 is 1.05. The molecule has 0 N–H and O–H groups in total. The third-order valence-electron chi connectivity index (χ3n) is 3.31. The Balaban J connectivity index is 2.28. The van der Waals surface area contributed by atoms with Gasteiger partial charge in [-0.15, -0.1) is 0 Å². The Bertz CT molecular complexity index is 609. The number of aromatic nitrogens is 2. The average molecular weight is 327 g/mol. The minimum atomic E-state index is 0.329. The quantitative estimate of drug-likeness (QED) is 0.743. The first kappa shape index (κ1) is 12.2. The number of halogens is 2. The second-order valence-corrected chi connectivity index (χ2v) is 5.88. The van der Waals surface area contributed by atoms with Crippen molar-refractivity contribution in [2.24, 2.45) is 0 Å². The van der Waals surface area contributed by atoms with Gasteiger partial charge in [0, 0.05) is 22.9 Å². The third-order valence-corrected chi connectivity index (χ3v) is 3.94. The second kappa shape index (κ2) is 4.67. The Labute approximate surface area is 119 Å². The maximum atomic E-state index is 6.05. The van der Waals surface area contributed by atoms with Crippen LogP contribution >= 0.6 is 27.5 Å². The molecule has 2 heterocycles. The monoisotopic (exact) mass is 325 g/mol. The van der Waals surface area contributed by atoms with Crippen LogP contribution in [0.2, 0.25) is 5.28 Å². The first-order chi connectivity index (χ1) is 8.65. The molecule has 2 aromatic rings. The van der Waals surface area contributed by atoms with E-state index in [-0.39, 0.29) is 0 Å². The molecule has 0 aliphatic carbocycles. The van der Waals surface area contributed by atoms with Crippen LogP contribution in [-0.2, 0) is 0 Å². The summed E-state index contributed by atoms with van der Waals surface area (Å²) in [6.45, 7) is 4.15. The highest BCUT2D eigenvalue weighted by atomic mass is 79.9. The van der Waals surface area contributed by atoms with E-state index in [4.69, 9.17) is 11.6 Å². The molecule has 3 rings (SSSR count). The van der Waals surface area contributed by atoms with E-state index >= 15 is 0 Å². The molecule has 5 heteroatoms. The molecule has 1 aromatic carbocycles. The fraction of sp³-hybridized carbons (Fsp3) is 0.385. The molecule has 1 fully saturated rings. The first-order valence-corrected chi connectivity index (χ1v) is 7.20. The van der Waals surface area contributed by atoms with Crippen LogP contribution < -0.4 is 4.90 Å². The Hall–Kier alpha value is -0.870. The summed E-state index contributed by atoms with van der Waals surface area (Å²) >= 11 is 9.59. The molecule has 0 bridgehead atoms. The zero-order valence-electron chi connectivity index (χ0n) is 10.1. The summed E-state index contributed by atoms with van der Waals surface area (Å²) in [5.41, 5.74) is 2.06. The lowest BCUT2D eigenvalue weighted by Gasteiger charge is -2.19. The Morgan fingerprint density at radius 1 is 1.22 bits per heavy atom. The molecule has 0 atom stereocenters. The lowest BCUT2D eigenvalue weighted by atomic mass is 10.1. The van der Waals surface area contributed by atoms with E-state index in [0.29, 0.717) is 5.28 Å². The summed E-state index contributed by atoms with van der Waals surface area (Å²) in [5, 5.41) is 1.41. The first-order valence-electron chi connectivity index (χ1n) is 6.03. The summed E-state index contributed by atoms with van der Waals surface area (Å²) in [6.07, 6.45) is 2.44. The smallest absolute Gasteiger partial charge is 0.224 e. The zero-order chi connectivity index (χ0) is 12.7. The van der Waals surface area contributed by atoms with Gasteiger partial charge < -0.3 is 4.90 Å². The average Bonchev–Trinajstić information content (AvgIpc) is 2.83. The molecule has 3 nitrogen and oxygen atoms in total. The summed E-state index contributed by atoms with van der Waals surface area (Å²) in [4.78, 5) is 11.1. The van der Waals surface area contributed by atoms with Gasteiger partial charge in [-0.1, -0.05) is 15.9 Å². The largest absolute Gasteiger partial charge is 0.356 e. The summed E-state index contributed by atoms with van der Waals surface area (Å²) in [7, 11) is 0. The SMILES string of the molecule is Cc1cc(Br)cc2c(N3CCCC3)nc(Cl)nc12. The molecule has 0 saturated carbocycles. The van der Waals surface area contributed by atoms with Crippen molar-refractivity contribution in [3.05, 3.63) is 27.5 Å².